The van der Waals surface area contributed by atoms with Gasteiger partial charge in [0.1, 0.15) is 5.01 Å². The highest BCUT2D eigenvalue weighted by molar-refractivity contribution is 7.16. The lowest BCUT2D eigenvalue weighted by molar-refractivity contribution is -0.128. The molecule has 1 aliphatic rings. The Labute approximate surface area is 144 Å². The number of carbonyl (C=O) groups excluding carboxylic acids is 1. The predicted molar refractivity (Wildman–Crippen MR) is 92.0 cm³/mol. The zero-order valence-corrected chi connectivity index (χ0v) is 14.5. The first-order valence-electron chi connectivity index (χ1n) is 8.15. The van der Waals surface area contributed by atoms with E-state index in [1.54, 1.807) is 4.52 Å². The predicted octanol–water partition coefficient (Wildman–Crippen LogP) is 2.83. The molecule has 7 heteroatoms. The highest BCUT2D eigenvalue weighted by Crippen LogP contribution is 2.29. The van der Waals surface area contributed by atoms with Crippen molar-refractivity contribution in [1.82, 2.24) is 24.7 Å². The van der Waals surface area contributed by atoms with Crippen molar-refractivity contribution >= 4 is 22.2 Å². The van der Waals surface area contributed by atoms with Crippen molar-refractivity contribution in [3.8, 4) is 0 Å². The smallest absolute Gasteiger partial charge is 0.234 e. The zero-order valence-electron chi connectivity index (χ0n) is 13.7. The van der Waals surface area contributed by atoms with Gasteiger partial charge in [-0.3, -0.25) is 4.79 Å². The lowest BCUT2D eigenvalue weighted by Gasteiger charge is -2.14. The number of benzene rings is 1. The van der Waals surface area contributed by atoms with E-state index in [1.165, 1.54) is 16.9 Å². The van der Waals surface area contributed by atoms with Crippen LogP contribution in [0.15, 0.2) is 30.3 Å². The first-order chi connectivity index (χ1) is 11.6. The molecule has 0 aliphatic carbocycles. The van der Waals surface area contributed by atoms with E-state index in [-0.39, 0.29) is 17.7 Å². The summed E-state index contributed by atoms with van der Waals surface area (Å²) in [4.78, 5) is 15.1. The van der Waals surface area contributed by atoms with Gasteiger partial charge < -0.3 is 4.90 Å². The molecule has 2 aromatic heterocycles. The van der Waals surface area contributed by atoms with Crippen LogP contribution in [0.25, 0.3) is 4.96 Å². The average Bonchev–Trinajstić information content (AvgIpc) is 3.23. The van der Waals surface area contributed by atoms with Crippen molar-refractivity contribution in [2.75, 3.05) is 6.54 Å². The van der Waals surface area contributed by atoms with Crippen LogP contribution in [0, 0.1) is 0 Å². The largest absolute Gasteiger partial charge is 0.335 e. The van der Waals surface area contributed by atoms with Gasteiger partial charge in [0, 0.05) is 24.8 Å². The van der Waals surface area contributed by atoms with Crippen LogP contribution in [-0.2, 0) is 11.3 Å². The highest BCUT2D eigenvalue weighted by Gasteiger charge is 2.31. The molecule has 3 aromatic rings. The van der Waals surface area contributed by atoms with E-state index in [2.05, 4.69) is 41.3 Å². The minimum Gasteiger partial charge on any atom is -0.335 e. The molecule has 3 heterocycles. The van der Waals surface area contributed by atoms with Crippen LogP contribution in [0.1, 0.15) is 48.5 Å². The summed E-state index contributed by atoms with van der Waals surface area (Å²) >= 11 is 1.51. The molecule has 1 amide bonds. The molecule has 1 aromatic carbocycles. The average molecular weight is 341 g/mol. The van der Waals surface area contributed by atoms with Crippen molar-refractivity contribution in [3.63, 3.8) is 0 Å². The van der Waals surface area contributed by atoms with Gasteiger partial charge in [-0.1, -0.05) is 55.5 Å². The Hall–Kier alpha value is -2.28. The van der Waals surface area contributed by atoms with E-state index in [1.807, 2.05) is 23.1 Å². The summed E-state index contributed by atoms with van der Waals surface area (Å²) in [6.07, 6.45) is 0.575. The third-order valence-corrected chi connectivity index (χ3v) is 5.27. The molecule has 0 spiro atoms. The monoisotopic (exact) mass is 341 g/mol. The van der Waals surface area contributed by atoms with Crippen molar-refractivity contribution in [1.29, 1.82) is 0 Å². The van der Waals surface area contributed by atoms with Crippen LogP contribution in [-0.4, -0.2) is 37.2 Å². The summed E-state index contributed by atoms with van der Waals surface area (Å²) in [5, 5.41) is 13.9. The summed E-state index contributed by atoms with van der Waals surface area (Å²) in [5.74, 6) is 1.60. The molecule has 0 bridgehead atoms. The maximum Gasteiger partial charge on any atom is 0.234 e. The van der Waals surface area contributed by atoms with Crippen LogP contribution in [0.3, 0.4) is 0 Å². The lowest BCUT2D eigenvalue weighted by Crippen LogP contribution is -2.24. The molecule has 6 nitrogen and oxygen atoms in total. The Bertz CT molecular complexity index is 870. The third-order valence-electron chi connectivity index (χ3n) is 4.38. The second-order valence-corrected chi connectivity index (χ2v) is 7.53. The summed E-state index contributed by atoms with van der Waals surface area (Å²) in [6, 6.07) is 10.3. The number of fused-ring (bicyclic) bond motifs is 1. The Morgan fingerprint density at radius 3 is 2.79 bits per heavy atom. The number of likely N-dealkylation sites (tertiary alicyclic amines) is 1. The maximum absolute atomic E-state index is 12.4. The van der Waals surface area contributed by atoms with Gasteiger partial charge in [0.15, 0.2) is 5.82 Å². The quantitative estimate of drug-likeness (QED) is 0.732. The number of amides is 1. The fourth-order valence-electron chi connectivity index (χ4n) is 3.13. The molecule has 1 saturated heterocycles. The van der Waals surface area contributed by atoms with Gasteiger partial charge >= 0.3 is 0 Å². The van der Waals surface area contributed by atoms with Crippen molar-refractivity contribution in [3.05, 3.63) is 46.7 Å². The molecular weight excluding hydrogens is 322 g/mol. The zero-order chi connectivity index (χ0) is 16.7. The van der Waals surface area contributed by atoms with Gasteiger partial charge in [0.05, 0.1) is 6.54 Å². The van der Waals surface area contributed by atoms with Crippen LogP contribution in [0.4, 0.5) is 0 Å². The van der Waals surface area contributed by atoms with Gasteiger partial charge in [-0.05, 0) is 5.56 Å². The van der Waals surface area contributed by atoms with Crippen LogP contribution >= 0.6 is 11.3 Å². The molecular formula is C17H19N5OS. The first-order valence-corrected chi connectivity index (χ1v) is 8.97. The number of nitrogens with zero attached hydrogens (tertiary/aromatic N) is 5. The molecule has 0 saturated carbocycles. The summed E-state index contributed by atoms with van der Waals surface area (Å²) < 4.78 is 1.81. The van der Waals surface area contributed by atoms with Crippen LogP contribution in [0.5, 0.6) is 0 Å². The van der Waals surface area contributed by atoms with Gasteiger partial charge in [0.2, 0.25) is 10.9 Å². The van der Waals surface area contributed by atoms with E-state index in [0.717, 1.165) is 22.3 Å². The lowest BCUT2D eigenvalue weighted by atomic mass is 9.99. The molecule has 1 atom stereocenters. The number of carbonyl (C=O) groups is 1. The molecule has 0 N–H and O–H groups in total. The van der Waals surface area contributed by atoms with E-state index in [4.69, 9.17) is 0 Å². The Kier molecular flexibility index (Phi) is 3.80. The molecule has 0 radical (unpaired) electrons. The van der Waals surface area contributed by atoms with Crippen LogP contribution < -0.4 is 0 Å². The minimum absolute atomic E-state index is 0.193. The van der Waals surface area contributed by atoms with E-state index in [9.17, 15) is 4.79 Å². The van der Waals surface area contributed by atoms with Crippen LogP contribution in [0.2, 0.25) is 0 Å². The number of aromatic nitrogens is 4. The number of hydrogen-bond donors (Lipinski definition) is 0. The molecule has 1 unspecified atom stereocenters. The van der Waals surface area contributed by atoms with Crippen molar-refractivity contribution in [2.24, 2.45) is 0 Å². The number of rotatable bonds is 4. The van der Waals surface area contributed by atoms with Gasteiger partial charge in [0.25, 0.3) is 0 Å². The van der Waals surface area contributed by atoms with E-state index in [0.29, 0.717) is 13.0 Å². The van der Waals surface area contributed by atoms with Crippen molar-refractivity contribution < 1.29 is 4.79 Å². The SMILES string of the molecule is CC(C)c1nnc2sc(CN3CC(c4ccccc4)CC3=O)nn12. The normalized spacial score (nSPS) is 18.2. The topological polar surface area (TPSA) is 63.4 Å². The Morgan fingerprint density at radius 2 is 2.04 bits per heavy atom. The summed E-state index contributed by atoms with van der Waals surface area (Å²) in [7, 11) is 0. The van der Waals surface area contributed by atoms with Gasteiger partial charge in [-0.15, -0.1) is 10.2 Å². The Balaban J connectivity index is 1.52. The third kappa shape index (κ3) is 2.69. The molecule has 124 valence electrons. The fraction of sp³-hybridized carbons (Fsp3) is 0.412. The maximum atomic E-state index is 12.4. The first kappa shape index (κ1) is 15.3. The highest BCUT2D eigenvalue weighted by atomic mass is 32.1. The summed E-state index contributed by atoms with van der Waals surface area (Å²) in [5.41, 5.74) is 1.23. The Morgan fingerprint density at radius 1 is 1.25 bits per heavy atom. The standard InChI is InChI=1S/C17H19N5OS/c1-11(2)16-18-19-17-22(16)20-14(24-17)10-21-9-13(8-15(21)23)12-6-4-3-5-7-12/h3-7,11,13H,8-10H2,1-2H3. The summed E-state index contributed by atoms with van der Waals surface area (Å²) in [6.45, 7) is 5.45. The molecule has 4 rings (SSSR count). The van der Waals surface area contributed by atoms with Gasteiger partial charge in [-0.25, -0.2) is 0 Å². The van der Waals surface area contributed by atoms with E-state index < -0.39 is 0 Å². The second kappa shape index (κ2) is 5.98. The molecule has 1 aliphatic heterocycles. The molecule has 24 heavy (non-hydrogen) atoms. The minimum atomic E-state index is 0.193. The van der Waals surface area contributed by atoms with E-state index >= 15 is 0 Å². The van der Waals surface area contributed by atoms with Crippen molar-refractivity contribution in [2.45, 2.75) is 38.6 Å². The fourth-order valence-corrected chi connectivity index (χ4v) is 3.99. The number of hydrogen-bond acceptors (Lipinski definition) is 5. The van der Waals surface area contributed by atoms with Gasteiger partial charge in [-0.2, -0.15) is 9.61 Å². The molecule has 1 fully saturated rings. The second-order valence-electron chi connectivity index (χ2n) is 6.49.